The molecule has 0 spiro atoms. The second-order valence-corrected chi connectivity index (χ2v) is 6.55. The van der Waals surface area contributed by atoms with Gasteiger partial charge >= 0.3 is 0 Å². The molecule has 1 amide bonds. The third-order valence-corrected chi connectivity index (χ3v) is 4.93. The van der Waals surface area contributed by atoms with Crippen molar-refractivity contribution in [3.63, 3.8) is 0 Å². The Morgan fingerprint density at radius 2 is 1.83 bits per heavy atom. The molecule has 2 aromatic rings. The fourth-order valence-corrected chi connectivity index (χ4v) is 3.47. The van der Waals surface area contributed by atoms with Crippen LogP contribution in [0.2, 0.25) is 0 Å². The fraction of sp³-hybridized carbons (Fsp3) is 0.450. The average Bonchev–Trinajstić information content (AvgIpc) is 2.62. The molecular formula is C20H26N2O2. The minimum atomic E-state index is 0.206. The summed E-state index contributed by atoms with van der Waals surface area (Å²) in [5.74, 6) is 1.06. The predicted molar refractivity (Wildman–Crippen MR) is 98.8 cm³/mol. The lowest BCUT2D eigenvalue weighted by molar-refractivity contribution is -0.119. The van der Waals surface area contributed by atoms with E-state index in [-0.39, 0.29) is 5.91 Å². The van der Waals surface area contributed by atoms with Crippen molar-refractivity contribution in [1.29, 1.82) is 0 Å². The number of piperidine rings is 1. The number of ether oxygens (including phenoxy) is 1. The van der Waals surface area contributed by atoms with Crippen LogP contribution < -0.4 is 9.64 Å². The Hall–Kier alpha value is -2.07. The van der Waals surface area contributed by atoms with Crippen LogP contribution in [0, 0.1) is 0 Å². The Morgan fingerprint density at radius 3 is 2.50 bits per heavy atom. The number of benzene rings is 2. The Bertz CT molecular complexity index is 721. The van der Waals surface area contributed by atoms with E-state index in [9.17, 15) is 4.79 Å². The highest BCUT2D eigenvalue weighted by atomic mass is 16.5. The lowest BCUT2D eigenvalue weighted by Gasteiger charge is -2.37. The van der Waals surface area contributed by atoms with Crippen LogP contribution in [-0.4, -0.2) is 44.1 Å². The normalized spacial score (nSPS) is 16.3. The minimum Gasteiger partial charge on any atom is -0.497 e. The molecule has 0 unspecified atom stereocenters. The maximum atomic E-state index is 12.6. The van der Waals surface area contributed by atoms with Gasteiger partial charge in [-0.25, -0.2) is 0 Å². The summed E-state index contributed by atoms with van der Waals surface area (Å²) in [4.78, 5) is 17.0. The minimum absolute atomic E-state index is 0.206. The van der Waals surface area contributed by atoms with E-state index in [1.807, 2.05) is 24.0 Å². The zero-order valence-corrected chi connectivity index (χ0v) is 14.8. The van der Waals surface area contributed by atoms with E-state index in [1.54, 1.807) is 7.11 Å². The molecule has 0 N–H and O–H groups in total. The summed E-state index contributed by atoms with van der Waals surface area (Å²) in [5.41, 5.74) is 1.01. The summed E-state index contributed by atoms with van der Waals surface area (Å²) < 4.78 is 5.29. The molecule has 1 aliphatic rings. The second-order valence-electron chi connectivity index (χ2n) is 6.55. The average molecular weight is 326 g/mol. The fourth-order valence-electron chi connectivity index (χ4n) is 3.47. The number of hydrogen-bond acceptors (Lipinski definition) is 3. The number of likely N-dealkylation sites (tertiary alicyclic amines) is 1. The highest BCUT2D eigenvalue weighted by Crippen LogP contribution is 2.29. The largest absolute Gasteiger partial charge is 0.497 e. The number of amides is 1. The summed E-state index contributed by atoms with van der Waals surface area (Å²) in [6.07, 6.45) is 2.60. The van der Waals surface area contributed by atoms with Crippen LogP contribution in [0.5, 0.6) is 5.75 Å². The van der Waals surface area contributed by atoms with E-state index in [4.69, 9.17) is 4.74 Å². The first-order valence-electron chi connectivity index (χ1n) is 8.70. The van der Waals surface area contributed by atoms with Gasteiger partial charge in [-0.3, -0.25) is 4.79 Å². The van der Waals surface area contributed by atoms with Crippen LogP contribution in [0.1, 0.15) is 26.2 Å². The molecule has 4 nitrogen and oxygen atoms in total. The molecule has 1 heterocycles. The van der Waals surface area contributed by atoms with Gasteiger partial charge < -0.3 is 14.5 Å². The molecule has 1 saturated heterocycles. The summed E-state index contributed by atoms with van der Waals surface area (Å²) >= 11 is 0. The molecule has 0 aliphatic carbocycles. The van der Waals surface area contributed by atoms with Gasteiger partial charge in [-0.2, -0.15) is 0 Å². The highest BCUT2D eigenvalue weighted by molar-refractivity contribution is 5.97. The van der Waals surface area contributed by atoms with Crippen LogP contribution in [0.15, 0.2) is 36.4 Å². The van der Waals surface area contributed by atoms with E-state index >= 15 is 0 Å². The first-order valence-corrected chi connectivity index (χ1v) is 8.70. The first kappa shape index (κ1) is 16.8. The number of carbonyl (C=O) groups is 1. The Morgan fingerprint density at radius 1 is 1.17 bits per heavy atom. The van der Waals surface area contributed by atoms with Gasteiger partial charge in [0.1, 0.15) is 5.75 Å². The van der Waals surface area contributed by atoms with Gasteiger partial charge in [0, 0.05) is 18.2 Å². The maximum absolute atomic E-state index is 12.6. The topological polar surface area (TPSA) is 32.8 Å². The summed E-state index contributed by atoms with van der Waals surface area (Å²) in [5, 5.41) is 2.26. The number of carbonyl (C=O) groups excluding carboxylic acids is 1. The molecule has 0 radical (unpaired) electrons. The number of hydrogen-bond donors (Lipinski definition) is 0. The third-order valence-electron chi connectivity index (χ3n) is 4.93. The molecule has 0 bridgehead atoms. The van der Waals surface area contributed by atoms with E-state index in [0.29, 0.717) is 12.5 Å². The van der Waals surface area contributed by atoms with Crippen LogP contribution in [-0.2, 0) is 4.79 Å². The molecule has 1 fully saturated rings. The molecule has 4 heteroatoms. The molecule has 3 rings (SSSR count). The van der Waals surface area contributed by atoms with Gasteiger partial charge in [0.2, 0.25) is 5.91 Å². The zero-order valence-electron chi connectivity index (χ0n) is 14.8. The van der Waals surface area contributed by atoms with E-state index in [1.165, 1.54) is 0 Å². The van der Waals surface area contributed by atoms with Crippen LogP contribution >= 0.6 is 0 Å². The van der Waals surface area contributed by atoms with Crippen molar-refractivity contribution >= 4 is 22.4 Å². The van der Waals surface area contributed by atoms with Gasteiger partial charge in [0.15, 0.2) is 0 Å². The molecule has 0 saturated carbocycles. The Kier molecular flexibility index (Phi) is 5.05. The summed E-state index contributed by atoms with van der Waals surface area (Å²) in [6.45, 7) is 4.03. The quantitative estimate of drug-likeness (QED) is 0.859. The zero-order chi connectivity index (χ0) is 17.1. The first-order chi connectivity index (χ1) is 11.6. The second kappa shape index (κ2) is 7.22. The number of nitrogens with zero attached hydrogens (tertiary/aromatic N) is 2. The lowest BCUT2D eigenvalue weighted by atomic mass is 10.0. The molecule has 0 atom stereocenters. The molecule has 2 aromatic carbocycles. The third kappa shape index (κ3) is 3.39. The van der Waals surface area contributed by atoms with Gasteiger partial charge in [0.05, 0.1) is 7.11 Å². The van der Waals surface area contributed by atoms with Crippen molar-refractivity contribution in [2.75, 3.05) is 32.1 Å². The monoisotopic (exact) mass is 326 g/mol. The van der Waals surface area contributed by atoms with Crippen molar-refractivity contribution in [1.82, 2.24) is 4.90 Å². The maximum Gasteiger partial charge on any atom is 0.226 e. The standard InChI is InChI=1S/C20H26N2O2/c1-4-20(23)22(17-9-11-21(2)12-10-17)18-7-5-16-14-19(24-3)8-6-15(16)13-18/h5-8,13-14,17H,4,9-12H2,1-3H3. The summed E-state index contributed by atoms with van der Waals surface area (Å²) in [7, 11) is 3.82. The number of methoxy groups -OCH3 is 1. The van der Waals surface area contributed by atoms with Crippen molar-refractivity contribution in [3.8, 4) is 5.75 Å². The summed E-state index contributed by atoms with van der Waals surface area (Å²) in [6, 6.07) is 12.6. The van der Waals surface area contributed by atoms with Crippen molar-refractivity contribution in [3.05, 3.63) is 36.4 Å². The molecular weight excluding hydrogens is 300 g/mol. The van der Waals surface area contributed by atoms with Crippen LogP contribution in [0.25, 0.3) is 10.8 Å². The molecule has 1 aliphatic heterocycles. The van der Waals surface area contributed by atoms with E-state index in [0.717, 1.165) is 48.1 Å². The van der Waals surface area contributed by atoms with Crippen molar-refractivity contribution < 1.29 is 9.53 Å². The number of rotatable bonds is 4. The lowest BCUT2D eigenvalue weighted by Crippen LogP contribution is -2.46. The molecule has 0 aromatic heterocycles. The van der Waals surface area contributed by atoms with E-state index < -0.39 is 0 Å². The predicted octanol–water partition coefficient (Wildman–Crippen LogP) is 3.69. The Labute approximate surface area is 144 Å². The number of anilines is 1. The number of fused-ring (bicyclic) bond motifs is 1. The van der Waals surface area contributed by atoms with Gasteiger partial charge in [-0.05, 0) is 68.0 Å². The van der Waals surface area contributed by atoms with Crippen LogP contribution in [0.3, 0.4) is 0 Å². The van der Waals surface area contributed by atoms with Gasteiger partial charge in [0.25, 0.3) is 0 Å². The van der Waals surface area contributed by atoms with Crippen molar-refractivity contribution in [2.45, 2.75) is 32.2 Å². The van der Waals surface area contributed by atoms with Crippen LogP contribution in [0.4, 0.5) is 5.69 Å². The molecule has 24 heavy (non-hydrogen) atoms. The highest BCUT2D eigenvalue weighted by Gasteiger charge is 2.27. The van der Waals surface area contributed by atoms with Crippen molar-refractivity contribution in [2.24, 2.45) is 0 Å². The SMILES string of the molecule is CCC(=O)N(c1ccc2cc(OC)ccc2c1)C1CCN(C)CC1. The van der Waals surface area contributed by atoms with Gasteiger partial charge in [-0.15, -0.1) is 0 Å². The van der Waals surface area contributed by atoms with E-state index in [2.05, 4.69) is 36.2 Å². The Balaban J connectivity index is 1.95. The molecule has 128 valence electrons. The smallest absolute Gasteiger partial charge is 0.226 e. The van der Waals surface area contributed by atoms with Gasteiger partial charge in [-0.1, -0.05) is 19.1 Å².